The molecule has 0 saturated heterocycles. The zero-order valence-corrected chi connectivity index (χ0v) is 14.9. The first-order valence-electron chi connectivity index (χ1n) is 7.71. The number of rotatable bonds is 6. The van der Waals surface area contributed by atoms with E-state index in [9.17, 15) is 13.2 Å². The van der Waals surface area contributed by atoms with Crippen LogP contribution in [0.5, 0.6) is 0 Å². The molecule has 0 bridgehead atoms. The van der Waals surface area contributed by atoms with Crippen molar-refractivity contribution in [2.24, 2.45) is 0 Å². The normalized spacial score (nSPS) is 11.3. The van der Waals surface area contributed by atoms with E-state index in [1.165, 1.54) is 6.92 Å². The molecule has 2 aromatic carbocycles. The number of hydrogen-bond donors (Lipinski definition) is 1. The number of hydrogen-bond acceptors (Lipinski definition) is 3. The molecule has 6 heteroatoms. The molecular weight excluding hydrogens is 324 g/mol. The van der Waals surface area contributed by atoms with Crippen LogP contribution in [0.15, 0.2) is 53.4 Å². The summed E-state index contributed by atoms with van der Waals surface area (Å²) in [4.78, 5) is 13.7. The first-order valence-corrected chi connectivity index (χ1v) is 9.19. The van der Waals surface area contributed by atoms with Crippen LogP contribution in [0.4, 0.5) is 5.69 Å². The molecule has 2 rings (SSSR count). The summed E-state index contributed by atoms with van der Waals surface area (Å²) < 4.78 is 27.2. The van der Waals surface area contributed by atoms with E-state index in [1.54, 1.807) is 23.1 Å². The highest BCUT2D eigenvalue weighted by atomic mass is 32.2. The van der Waals surface area contributed by atoms with Gasteiger partial charge in [-0.25, -0.2) is 13.1 Å². The van der Waals surface area contributed by atoms with Gasteiger partial charge in [0.05, 0.1) is 4.90 Å². The summed E-state index contributed by atoms with van der Waals surface area (Å²) in [5.41, 5.74) is 2.64. The topological polar surface area (TPSA) is 66.5 Å². The van der Waals surface area contributed by atoms with Gasteiger partial charge in [-0.3, -0.25) is 4.79 Å². The van der Waals surface area contributed by atoms with Crippen LogP contribution in [0.1, 0.15) is 18.1 Å². The maximum absolute atomic E-state index is 12.3. The number of amides is 1. The minimum atomic E-state index is -3.58. The molecule has 5 nitrogen and oxygen atoms in total. The first-order chi connectivity index (χ1) is 11.3. The van der Waals surface area contributed by atoms with Gasteiger partial charge >= 0.3 is 0 Å². The average Bonchev–Trinajstić information content (AvgIpc) is 2.52. The first kappa shape index (κ1) is 18.2. The van der Waals surface area contributed by atoms with Crippen LogP contribution >= 0.6 is 0 Å². The SMILES string of the molecule is CC(=O)N(CCNS(=O)(=O)c1cccc(C)c1)c1ccccc1C. The Morgan fingerprint density at radius 3 is 2.42 bits per heavy atom. The largest absolute Gasteiger partial charge is 0.311 e. The number of nitrogens with one attached hydrogen (secondary N) is 1. The standard InChI is InChI=1S/C18H22N2O3S/c1-14-7-6-9-17(13-14)24(22,23)19-11-12-20(16(3)21)18-10-5-4-8-15(18)2/h4-10,13,19H,11-12H2,1-3H3. The molecule has 0 unspecified atom stereocenters. The molecule has 0 aliphatic carbocycles. The summed E-state index contributed by atoms with van der Waals surface area (Å²) in [6, 6.07) is 14.3. The summed E-state index contributed by atoms with van der Waals surface area (Å²) in [5.74, 6) is -0.126. The third-order valence-electron chi connectivity index (χ3n) is 3.71. The van der Waals surface area contributed by atoms with Crippen LogP contribution in [0.25, 0.3) is 0 Å². The summed E-state index contributed by atoms with van der Waals surface area (Å²) in [6.45, 7) is 5.65. The maximum Gasteiger partial charge on any atom is 0.240 e. The molecule has 0 atom stereocenters. The van der Waals surface area contributed by atoms with E-state index in [0.29, 0.717) is 0 Å². The molecular formula is C18H22N2O3S. The Balaban J connectivity index is 2.08. The minimum absolute atomic E-state index is 0.126. The molecule has 0 aromatic heterocycles. The Kier molecular flexibility index (Phi) is 5.75. The number of anilines is 1. The summed E-state index contributed by atoms with van der Waals surface area (Å²) >= 11 is 0. The predicted octanol–water partition coefficient (Wildman–Crippen LogP) is 2.63. The Labute approximate surface area is 143 Å². The average molecular weight is 346 g/mol. The van der Waals surface area contributed by atoms with Crippen molar-refractivity contribution in [2.45, 2.75) is 25.7 Å². The van der Waals surface area contributed by atoms with Crippen molar-refractivity contribution in [1.82, 2.24) is 4.72 Å². The van der Waals surface area contributed by atoms with Crippen molar-refractivity contribution in [1.29, 1.82) is 0 Å². The molecule has 2 aromatic rings. The van der Waals surface area contributed by atoms with Gasteiger partial charge in [-0.2, -0.15) is 0 Å². The number of aryl methyl sites for hydroxylation is 2. The Hall–Kier alpha value is -2.18. The lowest BCUT2D eigenvalue weighted by Crippen LogP contribution is -2.37. The van der Waals surface area contributed by atoms with Crippen LogP contribution in [-0.2, 0) is 14.8 Å². The third-order valence-corrected chi connectivity index (χ3v) is 5.17. The fraction of sp³-hybridized carbons (Fsp3) is 0.278. The lowest BCUT2D eigenvalue weighted by molar-refractivity contribution is -0.116. The Bertz CT molecular complexity index is 832. The lowest BCUT2D eigenvalue weighted by Gasteiger charge is -2.23. The van der Waals surface area contributed by atoms with Crippen molar-refractivity contribution < 1.29 is 13.2 Å². The van der Waals surface area contributed by atoms with E-state index in [1.807, 2.05) is 44.2 Å². The lowest BCUT2D eigenvalue weighted by atomic mass is 10.2. The van der Waals surface area contributed by atoms with Gasteiger partial charge in [-0.05, 0) is 43.2 Å². The second-order valence-electron chi connectivity index (χ2n) is 5.67. The fourth-order valence-corrected chi connectivity index (χ4v) is 3.60. The van der Waals surface area contributed by atoms with Crippen LogP contribution in [0.3, 0.4) is 0 Å². The molecule has 0 spiro atoms. The molecule has 24 heavy (non-hydrogen) atoms. The van der Waals surface area contributed by atoms with Crippen LogP contribution < -0.4 is 9.62 Å². The Morgan fingerprint density at radius 2 is 1.79 bits per heavy atom. The fourth-order valence-electron chi connectivity index (χ4n) is 2.47. The monoisotopic (exact) mass is 346 g/mol. The third kappa shape index (κ3) is 4.43. The van der Waals surface area contributed by atoms with Gasteiger partial charge in [-0.1, -0.05) is 30.3 Å². The number of carbonyl (C=O) groups excluding carboxylic acids is 1. The van der Waals surface area contributed by atoms with Gasteiger partial charge in [0.2, 0.25) is 15.9 Å². The Morgan fingerprint density at radius 1 is 1.08 bits per heavy atom. The number of carbonyl (C=O) groups is 1. The summed E-state index contributed by atoms with van der Waals surface area (Å²) in [5, 5.41) is 0. The molecule has 0 heterocycles. The van der Waals surface area contributed by atoms with Crippen LogP contribution in [0, 0.1) is 13.8 Å². The smallest absolute Gasteiger partial charge is 0.240 e. The zero-order chi connectivity index (χ0) is 17.7. The zero-order valence-electron chi connectivity index (χ0n) is 14.1. The molecule has 0 aliphatic heterocycles. The van der Waals surface area contributed by atoms with Crippen molar-refractivity contribution in [3.05, 3.63) is 59.7 Å². The molecule has 0 fully saturated rings. The van der Waals surface area contributed by atoms with Crippen molar-refractivity contribution in [2.75, 3.05) is 18.0 Å². The van der Waals surface area contributed by atoms with E-state index >= 15 is 0 Å². The molecule has 0 aliphatic rings. The molecule has 0 saturated carbocycles. The van der Waals surface area contributed by atoms with Gasteiger partial charge in [-0.15, -0.1) is 0 Å². The highest BCUT2D eigenvalue weighted by Crippen LogP contribution is 2.19. The van der Waals surface area contributed by atoms with Gasteiger partial charge < -0.3 is 4.90 Å². The van der Waals surface area contributed by atoms with Gasteiger partial charge in [0.25, 0.3) is 0 Å². The molecule has 128 valence electrons. The van der Waals surface area contributed by atoms with Crippen molar-refractivity contribution in [3.63, 3.8) is 0 Å². The molecule has 0 radical (unpaired) electrons. The van der Waals surface area contributed by atoms with Crippen LogP contribution in [-0.4, -0.2) is 27.4 Å². The second-order valence-corrected chi connectivity index (χ2v) is 7.44. The summed E-state index contributed by atoms with van der Waals surface area (Å²) in [7, 11) is -3.58. The number of sulfonamides is 1. The van der Waals surface area contributed by atoms with Crippen molar-refractivity contribution >= 4 is 21.6 Å². The van der Waals surface area contributed by atoms with Gasteiger partial charge in [0.15, 0.2) is 0 Å². The van der Waals surface area contributed by atoms with Crippen LogP contribution in [0.2, 0.25) is 0 Å². The van der Waals surface area contributed by atoms with E-state index in [0.717, 1.165) is 16.8 Å². The summed E-state index contributed by atoms with van der Waals surface area (Å²) in [6.07, 6.45) is 0. The second kappa shape index (κ2) is 7.59. The quantitative estimate of drug-likeness (QED) is 0.874. The van der Waals surface area contributed by atoms with E-state index < -0.39 is 10.0 Å². The molecule has 1 N–H and O–H groups in total. The number of benzene rings is 2. The predicted molar refractivity (Wildman–Crippen MR) is 95.6 cm³/mol. The number of para-hydroxylation sites is 1. The van der Waals surface area contributed by atoms with E-state index in [2.05, 4.69) is 4.72 Å². The van der Waals surface area contributed by atoms with E-state index in [4.69, 9.17) is 0 Å². The maximum atomic E-state index is 12.3. The van der Waals surface area contributed by atoms with Crippen molar-refractivity contribution in [3.8, 4) is 0 Å². The minimum Gasteiger partial charge on any atom is -0.311 e. The highest BCUT2D eigenvalue weighted by molar-refractivity contribution is 7.89. The highest BCUT2D eigenvalue weighted by Gasteiger charge is 2.17. The van der Waals surface area contributed by atoms with Gasteiger partial charge in [0.1, 0.15) is 0 Å². The number of nitrogens with zero attached hydrogens (tertiary/aromatic N) is 1. The van der Waals surface area contributed by atoms with E-state index in [-0.39, 0.29) is 23.9 Å². The molecule has 1 amide bonds. The van der Waals surface area contributed by atoms with Gasteiger partial charge in [0, 0.05) is 25.7 Å².